The maximum Gasteiger partial charge on any atom is 0.227 e. The standard InChI is InChI=1S/C13H18N2O2/c1-10-9-15(6-7-17-10)13(16)8-11-4-2-3-5-12(11)14/h2-5,10H,6-9,14H2,1H3. The third kappa shape index (κ3) is 2.97. The molecule has 17 heavy (non-hydrogen) atoms. The molecular weight excluding hydrogens is 216 g/mol. The second-order valence-electron chi connectivity index (χ2n) is 4.40. The Balaban J connectivity index is 1.99. The molecule has 1 aliphatic heterocycles. The fraction of sp³-hybridized carbons (Fsp3) is 0.462. The van der Waals surface area contributed by atoms with Gasteiger partial charge in [-0.05, 0) is 18.6 Å². The van der Waals surface area contributed by atoms with Crippen molar-refractivity contribution in [3.8, 4) is 0 Å². The lowest BCUT2D eigenvalue weighted by molar-refractivity contribution is -0.137. The van der Waals surface area contributed by atoms with Crippen LogP contribution in [0.4, 0.5) is 5.69 Å². The predicted octanol–water partition coefficient (Wildman–Crippen LogP) is 1.06. The molecule has 1 saturated heterocycles. The Morgan fingerprint density at radius 2 is 2.29 bits per heavy atom. The minimum absolute atomic E-state index is 0.123. The molecule has 2 N–H and O–H groups in total. The van der Waals surface area contributed by atoms with Crippen LogP contribution in [0.5, 0.6) is 0 Å². The van der Waals surface area contributed by atoms with Crippen LogP contribution in [0.1, 0.15) is 12.5 Å². The van der Waals surface area contributed by atoms with E-state index in [2.05, 4.69) is 0 Å². The predicted molar refractivity (Wildman–Crippen MR) is 66.6 cm³/mol. The summed E-state index contributed by atoms with van der Waals surface area (Å²) in [6, 6.07) is 7.50. The molecular formula is C13H18N2O2. The van der Waals surface area contributed by atoms with Gasteiger partial charge in [-0.2, -0.15) is 0 Å². The number of benzene rings is 1. The minimum Gasteiger partial charge on any atom is -0.398 e. The third-order valence-electron chi connectivity index (χ3n) is 2.99. The first-order valence-electron chi connectivity index (χ1n) is 5.89. The van der Waals surface area contributed by atoms with Crippen molar-refractivity contribution in [1.29, 1.82) is 0 Å². The molecule has 1 atom stereocenters. The van der Waals surface area contributed by atoms with Crippen LogP contribution in [0, 0.1) is 0 Å². The Morgan fingerprint density at radius 3 is 3.00 bits per heavy atom. The Hall–Kier alpha value is -1.55. The van der Waals surface area contributed by atoms with Gasteiger partial charge in [-0.3, -0.25) is 4.79 Å². The van der Waals surface area contributed by atoms with Gasteiger partial charge in [-0.15, -0.1) is 0 Å². The molecule has 0 radical (unpaired) electrons. The molecule has 1 aliphatic rings. The van der Waals surface area contributed by atoms with E-state index in [4.69, 9.17) is 10.5 Å². The van der Waals surface area contributed by atoms with Crippen LogP contribution in [-0.4, -0.2) is 36.6 Å². The highest BCUT2D eigenvalue weighted by molar-refractivity contribution is 5.80. The van der Waals surface area contributed by atoms with Crippen LogP contribution in [0.25, 0.3) is 0 Å². The van der Waals surface area contributed by atoms with Gasteiger partial charge in [0, 0.05) is 18.8 Å². The molecule has 2 rings (SSSR count). The Bertz CT molecular complexity index is 406. The Labute approximate surface area is 101 Å². The van der Waals surface area contributed by atoms with Gasteiger partial charge in [0.15, 0.2) is 0 Å². The number of carbonyl (C=O) groups excluding carboxylic acids is 1. The lowest BCUT2D eigenvalue weighted by Gasteiger charge is -2.31. The monoisotopic (exact) mass is 234 g/mol. The molecule has 1 amide bonds. The van der Waals surface area contributed by atoms with Gasteiger partial charge >= 0.3 is 0 Å². The van der Waals surface area contributed by atoms with Crippen molar-refractivity contribution in [2.75, 3.05) is 25.4 Å². The maximum atomic E-state index is 12.1. The van der Waals surface area contributed by atoms with Crippen LogP contribution in [0.3, 0.4) is 0 Å². The smallest absolute Gasteiger partial charge is 0.227 e. The largest absolute Gasteiger partial charge is 0.398 e. The topological polar surface area (TPSA) is 55.6 Å². The van der Waals surface area contributed by atoms with Crippen molar-refractivity contribution < 1.29 is 9.53 Å². The number of hydrogen-bond donors (Lipinski definition) is 1. The van der Waals surface area contributed by atoms with Gasteiger partial charge < -0.3 is 15.4 Å². The number of morpholine rings is 1. The van der Waals surface area contributed by atoms with Crippen molar-refractivity contribution in [3.63, 3.8) is 0 Å². The number of nitrogens with zero attached hydrogens (tertiary/aromatic N) is 1. The van der Waals surface area contributed by atoms with Crippen molar-refractivity contribution in [2.45, 2.75) is 19.4 Å². The zero-order chi connectivity index (χ0) is 12.3. The van der Waals surface area contributed by atoms with Crippen molar-refractivity contribution in [3.05, 3.63) is 29.8 Å². The quantitative estimate of drug-likeness (QED) is 0.778. The van der Waals surface area contributed by atoms with E-state index in [1.165, 1.54) is 0 Å². The molecule has 1 aromatic carbocycles. The van der Waals surface area contributed by atoms with Crippen molar-refractivity contribution in [2.24, 2.45) is 0 Å². The maximum absolute atomic E-state index is 12.1. The lowest BCUT2D eigenvalue weighted by atomic mass is 10.1. The van der Waals surface area contributed by atoms with E-state index >= 15 is 0 Å². The molecule has 1 heterocycles. The molecule has 92 valence electrons. The number of para-hydroxylation sites is 1. The van der Waals surface area contributed by atoms with Crippen LogP contribution in [-0.2, 0) is 16.0 Å². The van der Waals surface area contributed by atoms with Crippen LogP contribution in [0.2, 0.25) is 0 Å². The number of anilines is 1. The molecule has 1 unspecified atom stereocenters. The first-order valence-corrected chi connectivity index (χ1v) is 5.89. The molecule has 0 spiro atoms. The van der Waals surface area contributed by atoms with E-state index < -0.39 is 0 Å². The average molecular weight is 234 g/mol. The van der Waals surface area contributed by atoms with Gasteiger partial charge in [0.1, 0.15) is 0 Å². The minimum atomic E-state index is 0.123. The first kappa shape index (κ1) is 11.9. The Kier molecular flexibility index (Phi) is 3.64. The summed E-state index contributed by atoms with van der Waals surface area (Å²) in [5, 5.41) is 0. The summed E-state index contributed by atoms with van der Waals surface area (Å²) in [6.07, 6.45) is 0.500. The average Bonchev–Trinajstić information content (AvgIpc) is 2.32. The first-order chi connectivity index (χ1) is 8.16. The number of rotatable bonds is 2. The summed E-state index contributed by atoms with van der Waals surface area (Å²) in [4.78, 5) is 13.9. The number of carbonyl (C=O) groups is 1. The summed E-state index contributed by atoms with van der Waals surface area (Å²) < 4.78 is 5.41. The summed E-state index contributed by atoms with van der Waals surface area (Å²) in [5.74, 6) is 0.123. The summed E-state index contributed by atoms with van der Waals surface area (Å²) >= 11 is 0. The van der Waals surface area contributed by atoms with Gasteiger partial charge in [-0.25, -0.2) is 0 Å². The fourth-order valence-corrected chi connectivity index (χ4v) is 2.01. The van der Waals surface area contributed by atoms with Gasteiger partial charge in [-0.1, -0.05) is 18.2 Å². The molecule has 4 nitrogen and oxygen atoms in total. The molecule has 0 aromatic heterocycles. The molecule has 0 saturated carbocycles. The normalized spacial score (nSPS) is 20.3. The van der Waals surface area contributed by atoms with Crippen molar-refractivity contribution in [1.82, 2.24) is 4.90 Å². The highest BCUT2D eigenvalue weighted by Crippen LogP contribution is 2.13. The molecule has 0 bridgehead atoms. The fourth-order valence-electron chi connectivity index (χ4n) is 2.01. The van der Waals surface area contributed by atoms with E-state index in [0.717, 1.165) is 5.56 Å². The number of ether oxygens (including phenoxy) is 1. The van der Waals surface area contributed by atoms with Gasteiger partial charge in [0.2, 0.25) is 5.91 Å². The van der Waals surface area contributed by atoms with E-state index in [9.17, 15) is 4.79 Å². The lowest BCUT2D eigenvalue weighted by Crippen LogP contribution is -2.45. The van der Waals surface area contributed by atoms with Crippen LogP contribution >= 0.6 is 0 Å². The third-order valence-corrected chi connectivity index (χ3v) is 2.99. The number of nitrogens with two attached hydrogens (primary N) is 1. The SMILES string of the molecule is CC1CN(C(=O)Cc2ccccc2N)CCO1. The summed E-state index contributed by atoms with van der Waals surface area (Å²) in [7, 11) is 0. The van der Waals surface area contributed by atoms with E-state index in [1.54, 1.807) is 0 Å². The molecule has 1 aromatic rings. The summed E-state index contributed by atoms with van der Waals surface area (Å²) in [5.41, 5.74) is 7.41. The second-order valence-corrected chi connectivity index (χ2v) is 4.40. The second kappa shape index (κ2) is 5.19. The van der Waals surface area contributed by atoms with E-state index in [-0.39, 0.29) is 12.0 Å². The van der Waals surface area contributed by atoms with Crippen molar-refractivity contribution >= 4 is 11.6 Å². The number of hydrogen-bond acceptors (Lipinski definition) is 3. The molecule has 1 fully saturated rings. The Morgan fingerprint density at radius 1 is 1.53 bits per heavy atom. The highest BCUT2D eigenvalue weighted by atomic mass is 16.5. The molecule has 4 heteroatoms. The highest BCUT2D eigenvalue weighted by Gasteiger charge is 2.21. The number of amides is 1. The van der Waals surface area contributed by atoms with Gasteiger partial charge in [0.25, 0.3) is 0 Å². The van der Waals surface area contributed by atoms with E-state index in [1.807, 2.05) is 36.1 Å². The number of nitrogen functional groups attached to an aromatic ring is 1. The summed E-state index contributed by atoms with van der Waals surface area (Å²) in [6.45, 7) is 3.95. The van der Waals surface area contributed by atoms with E-state index in [0.29, 0.717) is 31.8 Å². The zero-order valence-electron chi connectivity index (χ0n) is 10.1. The van der Waals surface area contributed by atoms with Gasteiger partial charge in [0.05, 0.1) is 19.1 Å². The van der Waals surface area contributed by atoms with Crippen LogP contribution < -0.4 is 5.73 Å². The molecule has 0 aliphatic carbocycles. The van der Waals surface area contributed by atoms with Crippen LogP contribution in [0.15, 0.2) is 24.3 Å². The zero-order valence-corrected chi connectivity index (χ0v) is 10.1.